The van der Waals surface area contributed by atoms with E-state index in [0.29, 0.717) is 5.69 Å². The van der Waals surface area contributed by atoms with Crippen molar-refractivity contribution in [1.29, 1.82) is 5.26 Å². The zero-order valence-corrected chi connectivity index (χ0v) is 11.1. The molecule has 0 saturated heterocycles. The first-order valence-corrected chi connectivity index (χ1v) is 6.54. The van der Waals surface area contributed by atoms with Gasteiger partial charge in [-0.15, -0.1) is 0 Å². The predicted molar refractivity (Wildman–Crippen MR) is 70.4 cm³/mol. The first kappa shape index (κ1) is 15.2. The molecule has 0 radical (unpaired) electrons. The van der Waals surface area contributed by atoms with Gasteiger partial charge >= 0.3 is 6.18 Å². The number of nitriles is 1. The van der Waals surface area contributed by atoms with Gasteiger partial charge in [-0.3, -0.25) is 4.79 Å². The van der Waals surface area contributed by atoms with Crippen molar-refractivity contribution >= 4 is 11.6 Å². The van der Waals surface area contributed by atoms with Gasteiger partial charge in [0.25, 0.3) is 0 Å². The average Bonchev–Trinajstić information content (AvgIpc) is 3.21. The molecule has 1 saturated carbocycles. The topological polar surface area (TPSA) is 64.9 Å². The minimum absolute atomic E-state index is 0.0903. The molecule has 2 rings (SSSR count). The molecule has 1 aromatic rings. The predicted octanol–water partition coefficient (Wildman–Crippen LogP) is 2.66. The first-order chi connectivity index (χ1) is 9.90. The lowest BCUT2D eigenvalue weighted by atomic mass is 10.1. The molecular formula is C14H14F3N3O. The Labute approximate surface area is 119 Å². The van der Waals surface area contributed by atoms with Gasteiger partial charge < -0.3 is 10.6 Å². The zero-order chi connectivity index (χ0) is 15.5. The number of carbonyl (C=O) groups excluding carboxylic acids is 1. The van der Waals surface area contributed by atoms with Gasteiger partial charge in [0, 0.05) is 19.0 Å². The van der Waals surface area contributed by atoms with E-state index in [4.69, 9.17) is 5.26 Å². The Bertz CT molecular complexity index is 574. The number of rotatable bonds is 5. The standard InChI is InChI=1S/C14H14F3N3O/c15-14(16,17)10-1-4-12(9(7-10)8-18)19-6-5-13(21)20-11-2-3-11/h1,4,7,11,19H,2-3,5-6H2,(H,20,21). The maximum atomic E-state index is 12.5. The smallest absolute Gasteiger partial charge is 0.383 e. The quantitative estimate of drug-likeness (QED) is 0.878. The van der Waals surface area contributed by atoms with E-state index in [1.54, 1.807) is 6.07 Å². The summed E-state index contributed by atoms with van der Waals surface area (Å²) in [7, 11) is 0. The fourth-order valence-corrected chi connectivity index (χ4v) is 1.81. The molecule has 2 N–H and O–H groups in total. The summed E-state index contributed by atoms with van der Waals surface area (Å²) in [5, 5.41) is 14.5. The van der Waals surface area contributed by atoms with Crippen molar-refractivity contribution in [3.05, 3.63) is 29.3 Å². The molecule has 21 heavy (non-hydrogen) atoms. The molecule has 0 aliphatic heterocycles. The zero-order valence-electron chi connectivity index (χ0n) is 11.1. The summed E-state index contributed by atoms with van der Waals surface area (Å²) in [5.41, 5.74) is -0.659. The van der Waals surface area contributed by atoms with Crippen LogP contribution in [0.1, 0.15) is 30.4 Å². The van der Waals surface area contributed by atoms with Gasteiger partial charge in [0.1, 0.15) is 6.07 Å². The number of alkyl halides is 3. The number of halogens is 3. The van der Waals surface area contributed by atoms with Gasteiger partial charge in [-0.05, 0) is 31.0 Å². The number of amides is 1. The fraction of sp³-hybridized carbons (Fsp3) is 0.429. The molecule has 0 spiro atoms. The van der Waals surface area contributed by atoms with E-state index in [1.165, 1.54) is 6.07 Å². The van der Waals surface area contributed by atoms with Gasteiger partial charge in [0.15, 0.2) is 0 Å². The van der Waals surface area contributed by atoms with Crippen LogP contribution in [0, 0.1) is 11.3 Å². The van der Waals surface area contributed by atoms with Gasteiger partial charge in [0.05, 0.1) is 16.8 Å². The van der Waals surface area contributed by atoms with E-state index in [2.05, 4.69) is 10.6 Å². The van der Waals surface area contributed by atoms with Crippen molar-refractivity contribution in [2.24, 2.45) is 0 Å². The van der Waals surface area contributed by atoms with E-state index in [-0.39, 0.29) is 30.5 Å². The third-order valence-corrected chi connectivity index (χ3v) is 3.08. The molecule has 1 amide bonds. The summed E-state index contributed by atoms with van der Waals surface area (Å²) >= 11 is 0. The summed E-state index contributed by atoms with van der Waals surface area (Å²) in [6, 6.07) is 4.92. The second kappa shape index (κ2) is 6.04. The number of nitrogens with zero attached hydrogens (tertiary/aromatic N) is 1. The molecule has 112 valence electrons. The second-order valence-electron chi connectivity index (χ2n) is 4.89. The van der Waals surface area contributed by atoms with Crippen LogP contribution in [0.15, 0.2) is 18.2 Å². The Hall–Kier alpha value is -2.23. The Balaban J connectivity index is 1.93. The molecule has 1 fully saturated rings. The lowest BCUT2D eigenvalue weighted by Gasteiger charge is -2.11. The van der Waals surface area contributed by atoms with Crippen LogP contribution in [0.3, 0.4) is 0 Å². The number of hydrogen-bond acceptors (Lipinski definition) is 3. The van der Waals surface area contributed by atoms with Crippen LogP contribution in [0.2, 0.25) is 0 Å². The minimum atomic E-state index is -4.48. The van der Waals surface area contributed by atoms with E-state index in [0.717, 1.165) is 25.0 Å². The normalized spacial score (nSPS) is 14.4. The van der Waals surface area contributed by atoms with E-state index in [1.807, 2.05) is 0 Å². The van der Waals surface area contributed by atoms with Crippen molar-refractivity contribution in [2.45, 2.75) is 31.5 Å². The number of carbonyl (C=O) groups is 1. The van der Waals surface area contributed by atoms with Crippen molar-refractivity contribution < 1.29 is 18.0 Å². The van der Waals surface area contributed by atoms with Crippen LogP contribution in [-0.4, -0.2) is 18.5 Å². The molecule has 7 heteroatoms. The van der Waals surface area contributed by atoms with Gasteiger partial charge in [0.2, 0.25) is 5.91 Å². The summed E-state index contributed by atoms with van der Waals surface area (Å²) in [6.45, 7) is 0.262. The number of nitrogens with one attached hydrogen (secondary N) is 2. The van der Waals surface area contributed by atoms with Gasteiger partial charge in [-0.2, -0.15) is 18.4 Å². The Kier molecular flexibility index (Phi) is 4.36. The van der Waals surface area contributed by atoms with E-state index in [9.17, 15) is 18.0 Å². The number of benzene rings is 1. The maximum Gasteiger partial charge on any atom is 0.416 e. The maximum absolute atomic E-state index is 12.5. The van der Waals surface area contributed by atoms with Gasteiger partial charge in [-0.25, -0.2) is 0 Å². The van der Waals surface area contributed by atoms with Crippen molar-refractivity contribution in [3.8, 4) is 6.07 Å². The first-order valence-electron chi connectivity index (χ1n) is 6.54. The lowest BCUT2D eigenvalue weighted by molar-refractivity contribution is -0.137. The summed E-state index contributed by atoms with van der Waals surface area (Å²) < 4.78 is 37.6. The lowest BCUT2D eigenvalue weighted by Crippen LogP contribution is -2.27. The second-order valence-corrected chi connectivity index (χ2v) is 4.89. The Morgan fingerprint density at radius 2 is 2.10 bits per heavy atom. The van der Waals surface area contributed by atoms with Crippen molar-refractivity contribution in [2.75, 3.05) is 11.9 Å². The SMILES string of the molecule is N#Cc1cc(C(F)(F)F)ccc1NCCC(=O)NC1CC1. The van der Waals surface area contributed by atoms with Crippen LogP contribution in [-0.2, 0) is 11.0 Å². The van der Waals surface area contributed by atoms with E-state index >= 15 is 0 Å². The molecule has 0 unspecified atom stereocenters. The third-order valence-electron chi connectivity index (χ3n) is 3.08. The molecular weight excluding hydrogens is 283 g/mol. The van der Waals surface area contributed by atoms with Crippen LogP contribution in [0.5, 0.6) is 0 Å². The molecule has 1 aliphatic carbocycles. The average molecular weight is 297 g/mol. The Morgan fingerprint density at radius 3 is 2.67 bits per heavy atom. The number of hydrogen-bond donors (Lipinski definition) is 2. The van der Waals surface area contributed by atoms with Crippen LogP contribution >= 0.6 is 0 Å². The highest BCUT2D eigenvalue weighted by Crippen LogP contribution is 2.31. The molecule has 1 aliphatic rings. The largest absolute Gasteiger partial charge is 0.416 e. The minimum Gasteiger partial charge on any atom is -0.383 e. The molecule has 0 atom stereocenters. The number of anilines is 1. The summed E-state index contributed by atoms with van der Waals surface area (Å²) in [6.07, 6.45) is -2.27. The fourth-order valence-electron chi connectivity index (χ4n) is 1.81. The van der Waals surface area contributed by atoms with Gasteiger partial charge in [-0.1, -0.05) is 0 Å². The highest BCUT2D eigenvalue weighted by Gasteiger charge is 2.31. The molecule has 0 bridgehead atoms. The van der Waals surface area contributed by atoms with E-state index < -0.39 is 11.7 Å². The summed E-state index contributed by atoms with van der Waals surface area (Å²) in [4.78, 5) is 11.5. The van der Waals surface area contributed by atoms with Crippen LogP contribution in [0.4, 0.5) is 18.9 Å². The van der Waals surface area contributed by atoms with Crippen LogP contribution < -0.4 is 10.6 Å². The molecule has 0 aromatic heterocycles. The monoisotopic (exact) mass is 297 g/mol. The molecule has 1 aromatic carbocycles. The molecule has 4 nitrogen and oxygen atoms in total. The Morgan fingerprint density at radius 1 is 1.38 bits per heavy atom. The highest BCUT2D eigenvalue weighted by atomic mass is 19.4. The van der Waals surface area contributed by atoms with Crippen molar-refractivity contribution in [1.82, 2.24) is 5.32 Å². The van der Waals surface area contributed by atoms with Crippen LogP contribution in [0.25, 0.3) is 0 Å². The van der Waals surface area contributed by atoms with Crippen molar-refractivity contribution in [3.63, 3.8) is 0 Å². The molecule has 0 heterocycles. The summed E-state index contributed by atoms with van der Waals surface area (Å²) in [5.74, 6) is -0.101. The highest BCUT2D eigenvalue weighted by molar-refractivity contribution is 5.77. The third kappa shape index (κ3) is 4.38.